The molecule has 6 nitrogen and oxygen atoms in total. The van der Waals surface area contributed by atoms with Crippen LogP contribution in [0.2, 0.25) is 0 Å². The molecule has 1 saturated heterocycles. The van der Waals surface area contributed by atoms with Gasteiger partial charge in [0, 0.05) is 37.9 Å². The van der Waals surface area contributed by atoms with Gasteiger partial charge in [0.1, 0.15) is 11.4 Å². The summed E-state index contributed by atoms with van der Waals surface area (Å²) in [6.45, 7) is 12.6. The Morgan fingerprint density at radius 2 is 1.80 bits per heavy atom. The third-order valence-corrected chi connectivity index (χ3v) is 3.73. The summed E-state index contributed by atoms with van der Waals surface area (Å²) >= 11 is 0. The molecular weight excluding hydrogens is 318 g/mol. The Morgan fingerprint density at radius 3 is 2.40 bits per heavy atom. The predicted molar refractivity (Wildman–Crippen MR) is 103 cm³/mol. The molecular formula is C19H33N3O3. The van der Waals surface area contributed by atoms with Crippen molar-refractivity contribution in [2.45, 2.75) is 46.6 Å². The lowest BCUT2D eigenvalue weighted by atomic mass is 10.2. The zero-order chi connectivity index (χ0) is 19.0. The van der Waals surface area contributed by atoms with Crippen LogP contribution >= 0.6 is 0 Å². The van der Waals surface area contributed by atoms with Crippen LogP contribution in [-0.4, -0.2) is 49.9 Å². The van der Waals surface area contributed by atoms with Crippen molar-refractivity contribution in [1.29, 1.82) is 0 Å². The Kier molecular flexibility index (Phi) is 7.87. The topological polar surface area (TPSA) is 68.0 Å². The standard InChI is InChI=1S/C17H27N3O3.C2H6/c1-17(2,3)23-16(21)20-9-5-8-19(10-11-20)13-6-7-14(18)15(12-13)22-4;1-2/h6-7,12H,5,8-11,18H2,1-4H3;1-2H3. The van der Waals surface area contributed by atoms with Crippen molar-refractivity contribution in [3.63, 3.8) is 0 Å². The fourth-order valence-electron chi connectivity index (χ4n) is 2.58. The Hall–Kier alpha value is -2.11. The monoisotopic (exact) mass is 351 g/mol. The van der Waals surface area contributed by atoms with Gasteiger partial charge in [0.15, 0.2) is 0 Å². The Morgan fingerprint density at radius 1 is 1.12 bits per heavy atom. The number of hydrogen-bond donors (Lipinski definition) is 1. The lowest BCUT2D eigenvalue weighted by Crippen LogP contribution is -2.39. The molecule has 6 heteroatoms. The van der Waals surface area contributed by atoms with Crippen LogP contribution < -0.4 is 15.4 Å². The molecule has 1 aromatic rings. The molecule has 1 aliphatic heterocycles. The van der Waals surface area contributed by atoms with Gasteiger partial charge in [-0.15, -0.1) is 0 Å². The summed E-state index contributed by atoms with van der Waals surface area (Å²) in [5.41, 5.74) is 7.09. The van der Waals surface area contributed by atoms with E-state index in [0.29, 0.717) is 24.5 Å². The molecule has 25 heavy (non-hydrogen) atoms. The molecule has 1 heterocycles. The van der Waals surface area contributed by atoms with Gasteiger partial charge in [-0.25, -0.2) is 4.79 Å². The highest BCUT2D eigenvalue weighted by atomic mass is 16.6. The van der Waals surface area contributed by atoms with Crippen LogP contribution in [0.4, 0.5) is 16.2 Å². The van der Waals surface area contributed by atoms with Gasteiger partial charge in [-0.2, -0.15) is 0 Å². The van der Waals surface area contributed by atoms with Crippen LogP contribution in [0, 0.1) is 0 Å². The summed E-state index contributed by atoms with van der Waals surface area (Å²) in [5.74, 6) is 0.677. The number of rotatable bonds is 2. The third kappa shape index (κ3) is 6.36. The maximum atomic E-state index is 12.2. The van der Waals surface area contributed by atoms with Gasteiger partial charge >= 0.3 is 6.09 Å². The van der Waals surface area contributed by atoms with Crippen molar-refractivity contribution in [3.05, 3.63) is 18.2 Å². The summed E-state index contributed by atoms with van der Waals surface area (Å²) in [4.78, 5) is 16.2. The largest absolute Gasteiger partial charge is 0.495 e. The molecule has 0 atom stereocenters. The smallest absolute Gasteiger partial charge is 0.410 e. The minimum absolute atomic E-state index is 0.241. The van der Waals surface area contributed by atoms with Crippen LogP contribution in [0.3, 0.4) is 0 Å². The van der Waals surface area contributed by atoms with Crippen molar-refractivity contribution >= 4 is 17.5 Å². The van der Waals surface area contributed by atoms with Crippen molar-refractivity contribution in [1.82, 2.24) is 4.90 Å². The van der Waals surface area contributed by atoms with Crippen LogP contribution in [0.15, 0.2) is 18.2 Å². The first-order valence-corrected chi connectivity index (χ1v) is 8.96. The lowest BCUT2D eigenvalue weighted by molar-refractivity contribution is 0.0263. The van der Waals surface area contributed by atoms with E-state index in [9.17, 15) is 4.79 Å². The van der Waals surface area contributed by atoms with E-state index >= 15 is 0 Å². The number of nitrogens with zero attached hydrogens (tertiary/aromatic N) is 2. The Balaban J connectivity index is 0.00000151. The molecule has 0 radical (unpaired) electrons. The average Bonchev–Trinajstić information content (AvgIpc) is 2.82. The van der Waals surface area contributed by atoms with Gasteiger partial charge < -0.3 is 25.0 Å². The molecule has 0 bridgehead atoms. The first-order chi connectivity index (χ1) is 11.8. The molecule has 0 unspecified atom stereocenters. The predicted octanol–water partition coefficient (Wildman–Crippen LogP) is 3.75. The second-order valence-corrected chi connectivity index (χ2v) is 6.73. The highest BCUT2D eigenvalue weighted by Gasteiger charge is 2.24. The third-order valence-electron chi connectivity index (χ3n) is 3.73. The van der Waals surface area contributed by atoms with Gasteiger partial charge in [-0.3, -0.25) is 0 Å². The van der Waals surface area contributed by atoms with Gasteiger partial charge in [-0.05, 0) is 39.3 Å². The maximum absolute atomic E-state index is 12.2. The number of benzene rings is 1. The summed E-state index contributed by atoms with van der Waals surface area (Å²) in [5, 5.41) is 0. The van der Waals surface area contributed by atoms with Gasteiger partial charge in [0.25, 0.3) is 0 Å². The number of anilines is 2. The molecule has 142 valence electrons. The van der Waals surface area contributed by atoms with Crippen LogP contribution in [0.25, 0.3) is 0 Å². The molecule has 1 fully saturated rings. The number of nitrogens with two attached hydrogens (primary N) is 1. The van der Waals surface area contributed by atoms with Gasteiger partial charge in [0.2, 0.25) is 0 Å². The van der Waals surface area contributed by atoms with Crippen molar-refractivity contribution in [2.24, 2.45) is 0 Å². The molecule has 1 amide bonds. The Bertz CT molecular complexity index is 555. The van der Waals surface area contributed by atoms with Crippen LogP contribution in [-0.2, 0) is 4.74 Å². The maximum Gasteiger partial charge on any atom is 0.410 e. The molecule has 2 rings (SSSR count). The number of nitrogen functional groups attached to an aromatic ring is 1. The van der Waals surface area contributed by atoms with E-state index < -0.39 is 5.60 Å². The highest BCUT2D eigenvalue weighted by molar-refractivity contribution is 5.68. The van der Waals surface area contributed by atoms with E-state index in [-0.39, 0.29) is 6.09 Å². The molecule has 0 spiro atoms. The number of ether oxygens (including phenoxy) is 2. The van der Waals surface area contributed by atoms with E-state index in [1.807, 2.05) is 52.8 Å². The first-order valence-electron chi connectivity index (χ1n) is 8.96. The highest BCUT2D eigenvalue weighted by Crippen LogP contribution is 2.28. The van der Waals surface area contributed by atoms with Crippen molar-refractivity contribution < 1.29 is 14.3 Å². The molecule has 0 aromatic heterocycles. The van der Waals surface area contributed by atoms with Gasteiger partial charge in [-0.1, -0.05) is 13.8 Å². The van der Waals surface area contributed by atoms with E-state index in [2.05, 4.69) is 4.90 Å². The fourth-order valence-corrected chi connectivity index (χ4v) is 2.58. The summed E-state index contributed by atoms with van der Waals surface area (Å²) in [6.07, 6.45) is 0.653. The summed E-state index contributed by atoms with van der Waals surface area (Å²) in [6, 6.07) is 5.78. The summed E-state index contributed by atoms with van der Waals surface area (Å²) in [7, 11) is 1.61. The second-order valence-electron chi connectivity index (χ2n) is 6.73. The average molecular weight is 351 g/mol. The van der Waals surface area contributed by atoms with E-state index in [4.69, 9.17) is 15.2 Å². The number of carbonyl (C=O) groups is 1. The van der Waals surface area contributed by atoms with E-state index in [0.717, 1.165) is 25.2 Å². The minimum atomic E-state index is -0.465. The molecule has 1 aromatic carbocycles. The quantitative estimate of drug-likeness (QED) is 0.822. The molecule has 2 N–H and O–H groups in total. The number of hydrogen-bond acceptors (Lipinski definition) is 5. The van der Waals surface area contributed by atoms with Crippen LogP contribution in [0.5, 0.6) is 5.75 Å². The molecule has 1 aliphatic rings. The van der Waals surface area contributed by atoms with Crippen LogP contribution in [0.1, 0.15) is 41.0 Å². The van der Waals surface area contributed by atoms with Gasteiger partial charge in [0.05, 0.1) is 12.8 Å². The SMILES string of the molecule is CC.COc1cc(N2CCCN(C(=O)OC(C)(C)C)CC2)ccc1N. The fraction of sp³-hybridized carbons (Fsp3) is 0.632. The normalized spacial score (nSPS) is 15.0. The summed E-state index contributed by atoms with van der Waals surface area (Å²) < 4.78 is 10.7. The van der Waals surface area contributed by atoms with Crippen molar-refractivity contribution in [3.8, 4) is 5.75 Å². The number of methoxy groups -OCH3 is 1. The molecule has 0 saturated carbocycles. The zero-order valence-electron chi connectivity index (χ0n) is 16.5. The minimum Gasteiger partial charge on any atom is -0.495 e. The zero-order valence-corrected chi connectivity index (χ0v) is 16.5. The van der Waals surface area contributed by atoms with Crippen molar-refractivity contribution in [2.75, 3.05) is 43.9 Å². The van der Waals surface area contributed by atoms with E-state index in [1.54, 1.807) is 12.0 Å². The number of amides is 1. The van der Waals surface area contributed by atoms with E-state index in [1.165, 1.54) is 0 Å². The first kappa shape index (κ1) is 20.9. The Labute approximate surface area is 151 Å². The lowest BCUT2D eigenvalue weighted by Gasteiger charge is -2.27. The second kappa shape index (κ2) is 9.39. The molecule has 0 aliphatic carbocycles. The number of carbonyl (C=O) groups excluding carboxylic acids is 1.